The summed E-state index contributed by atoms with van der Waals surface area (Å²) in [5.74, 6) is 0.120. The Labute approximate surface area is 145 Å². The normalized spacial score (nSPS) is 11.8. The molecule has 0 aliphatic heterocycles. The van der Waals surface area contributed by atoms with Gasteiger partial charge in [0.1, 0.15) is 0 Å². The molecule has 1 aromatic rings. The summed E-state index contributed by atoms with van der Waals surface area (Å²) < 4.78 is 31.8. The Kier molecular flexibility index (Phi) is 7.38. The van der Waals surface area contributed by atoms with Crippen LogP contribution in [0.4, 0.5) is 0 Å². The van der Waals surface area contributed by atoms with Gasteiger partial charge >= 0.3 is 0 Å². The molecule has 0 bridgehead atoms. The van der Waals surface area contributed by atoms with Crippen molar-refractivity contribution in [2.24, 2.45) is 5.92 Å². The number of ether oxygens (including phenoxy) is 1. The lowest BCUT2D eigenvalue weighted by atomic mass is 10.0. The number of aryl methyl sites for hydroxylation is 1. The largest absolute Gasteiger partial charge is 0.383 e. The SMILES string of the molecule is CNS(=O)(=O)c1cc(C(=O)N(CCOC)CC(C)C)cc(C)c1C. The average molecular weight is 356 g/mol. The van der Waals surface area contributed by atoms with E-state index in [-0.39, 0.29) is 10.8 Å². The van der Waals surface area contributed by atoms with Gasteiger partial charge in [0.15, 0.2) is 0 Å². The third kappa shape index (κ3) is 5.03. The Bertz CT molecular complexity index is 684. The lowest BCUT2D eigenvalue weighted by Crippen LogP contribution is -2.37. The van der Waals surface area contributed by atoms with Crippen molar-refractivity contribution in [3.05, 3.63) is 28.8 Å². The van der Waals surface area contributed by atoms with Crippen LogP contribution < -0.4 is 4.72 Å². The van der Waals surface area contributed by atoms with Crippen molar-refractivity contribution in [3.63, 3.8) is 0 Å². The molecule has 0 unspecified atom stereocenters. The maximum Gasteiger partial charge on any atom is 0.253 e. The highest BCUT2D eigenvalue weighted by Gasteiger charge is 2.22. The predicted molar refractivity (Wildman–Crippen MR) is 94.8 cm³/mol. The van der Waals surface area contributed by atoms with E-state index >= 15 is 0 Å². The Morgan fingerprint density at radius 3 is 2.42 bits per heavy atom. The van der Waals surface area contributed by atoms with E-state index in [1.165, 1.54) is 13.1 Å². The van der Waals surface area contributed by atoms with Crippen molar-refractivity contribution in [2.45, 2.75) is 32.6 Å². The number of nitrogens with zero attached hydrogens (tertiary/aromatic N) is 1. The third-order valence-electron chi connectivity index (χ3n) is 3.86. The lowest BCUT2D eigenvalue weighted by molar-refractivity contribution is 0.0672. The fraction of sp³-hybridized carbons (Fsp3) is 0.588. The van der Waals surface area contributed by atoms with Crippen molar-refractivity contribution in [3.8, 4) is 0 Å². The van der Waals surface area contributed by atoms with Gasteiger partial charge in [-0.2, -0.15) is 0 Å². The molecule has 0 radical (unpaired) electrons. The number of benzene rings is 1. The smallest absolute Gasteiger partial charge is 0.253 e. The Morgan fingerprint density at radius 1 is 1.29 bits per heavy atom. The average Bonchev–Trinajstić information content (AvgIpc) is 2.52. The number of sulfonamides is 1. The number of methoxy groups -OCH3 is 1. The van der Waals surface area contributed by atoms with E-state index in [1.54, 1.807) is 25.0 Å². The molecule has 136 valence electrons. The van der Waals surface area contributed by atoms with Gasteiger partial charge in [-0.3, -0.25) is 4.79 Å². The number of carbonyl (C=O) groups is 1. The van der Waals surface area contributed by atoms with Crippen LogP contribution >= 0.6 is 0 Å². The van der Waals surface area contributed by atoms with Crippen LogP contribution in [0.15, 0.2) is 17.0 Å². The molecular formula is C17H28N2O4S. The molecule has 7 heteroatoms. The summed E-state index contributed by atoms with van der Waals surface area (Å²) in [4.78, 5) is 14.7. The van der Waals surface area contributed by atoms with Gasteiger partial charge in [0.25, 0.3) is 5.91 Å². The first-order valence-electron chi connectivity index (χ1n) is 7.97. The molecule has 0 aliphatic rings. The zero-order valence-corrected chi connectivity index (χ0v) is 16.2. The molecule has 0 heterocycles. The van der Waals surface area contributed by atoms with Crippen LogP contribution in [0, 0.1) is 19.8 Å². The second kappa shape index (κ2) is 8.60. The second-order valence-corrected chi connectivity index (χ2v) is 8.12. The van der Waals surface area contributed by atoms with Crippen molar-refractivity contribution in [1.29, 1.82) is 0 Å². The van der Waals surface area contributed by atoms with Gasteiger partial charge in [-0.1, -0.05) is 13.8 Å². The lowest BCUT2D eigenvalue weighted by Gasteiger charge is -2.25. The van der Waals surface area contributed by atoms with Crippen LogP contribution in [0.25, 0.3) is 0 Å². The van der Waals surface area contributed by atoms with Crippen LogP contribution in [-0.2, 0) is 14.8 Å². The molecule has 0 aliphatic carbocycles. The van der Waals surface area contributed by atoms with Crippen molar-refractivity contribution in [1.82, 2.24) is 9.62 Å². The molecule has 0 aromatic heterocycles. The summed E-state index contributed by atoms with van der Waals surface area (Å²) in [6.45, 7) is 9.10. The quantitative estimate of drug-likeness (QED) is 0.772. The first-order chi connectivity index (χ1) is 11.1. The minimum absolute atomic E-state index is 0.143. The highest BCUT2D eigenvalue weighted by atomic mass is 32.2. The fourth-order valence-electron chi connectivity index (χ4n) is 2.44. The summed E-state index contributed by atoms with van der Waals surface area (Å²) in [5.41, 5.74) is 1.79. The summed E-state index contributed by atoms with van der Waals surface area (Å²) in [7, 11) is -0.666. The molecule has 6 nitrogen and oxygen atoms in total. The van der Waals surface area contributed by atoms with E-state index in [2.05, 4.69) is 4.72 Å². The van der Waals surface area contributed by atoms with Gasteiger partial charge in [-0.25, -0.2) is 13.1 Å². The number of rotatable bonds is 8. The first kappa shape index (κ1) is 20.6. The van der Waals surface area contributed by atoms with E-state index in [1.807, 2.05) is 20.8 Å². The topological polar surface area (TPSA) is 75.7 Å². The van der Waals surface area contributed by atoms with Gasteiger partial charge in [-0.15, -0.1) is 0 Å². The third-order valence-corrected chi connectivity index (χ3v) is 5.40. The maximum atomic E-state index is 12.9. The number of hydrogen-bond acceptors (Lipinski definition) is 4. The summed E-state index contributed by atoms with van der Waals surface area (Å²) >= 11 is 0. The monoisotopic (exact) mass is 356 g/mol. The van der Waals surface area contributed by atoms with E-state index in [4.69, 9.17) is 4.74 Å². The van der Waals surface area contributed by atoms with Crippen LogP contribution in [0.3, 0.4) is 0 Å². The van der Waals surface area contributed by atoms with Gasteiger partial charge in [-0.05, 0) is 50.1 Å². The molecule has 1 amide bonds. The highest BCUT2D eigenvalue weighted by molar-refractivity contribution is 7.89. The highest BCUT2D eigenvalue weighted by Crippen LogP contribution is 2.22. The molecule has 1 N–H and O–H groups in total. The van der Waals surface area contributed by atoms with Crippen molar-refractivity contribution >= 4 is 15.9 Å². The predicted octanol–water partition coefficient (Wildman–Crippen LogP) is 1.96. The van der Waals surface area contributed by atoms with Gasteiger partial charge in [0.2, 0.25) is 10.0 Å². The number of hydrogen-bond donors (Lipinski definition) is 1. The number of nitrogens with one attached hydrogen (secondary N) is 1. The van der Waals surface area contributed by atoms with E-state index in [9.17, 15) is 13.2 Å². The molecule has 0 spiro atoms. The summed E-state index contributed by atoms with van der Waals surface area (Å²) in [6.07, 6.45) is 0. The molecule has 1 rings (SSSR count). The maximum absolute atomic E-state index is 12.9. The zero-order chi connectivity index (χ0) is 18.5. The molecular weight excluding hydrogens is 328 g/mol. The number of carbonyl (C=O) groups excluding carboxylic acids is 1. The molecule has 24 heavy (non-hydrogen) atoms. The fourth-order valence-corrected chi connectivity index (χ4v) is 3.51. The minimum atomic E-state index is -3.62. The zero-order valence-electron chi connectivity index (χ0n) is 15.3. The Morgan fingerprint density at radius 2 is 1.92 bits per heavy atom. The Balaban J connectivity index is 3.30. The van der Waals surface area contributed by atoms with Gasteiger partial charge in [0, 0.05) is 25.8 Å². The van der Waals surface area contributed by atoms with Crippen molar-refractivity contribution in [2.75, 3.05) is 33.9 Å². The molecule has 0 saturated carbocycles. The van der Waals surface area contributed by atoms with Crippen LogP contribution in [0.5, 0.6) is 0 Å². The van der Waals surface area contributed by atoms with E-state index in [0.717, 1.165) is 5.56 Å². The molecule has 0 atom stereocenters. The molecule has 0 saturated heterocycles. The first-order valence-corrected chi connectivity index (χ1v) is 9.45. The molecule has 1 aromatic carbocycles. The molecule has 0 fully saturated rings. The van der Waals surface area contributed by atoms with Gasteiger partial charge < -0.3 is 9.64 Å². The van der Waals surface area contributed by atoms with Gasteiger partial charge in [0.05, 0.1) is 11.5 Å². The Hall–Kier alpha value is -1.44. The van der Waals surface area contributed by atoms with E-state index in [0.29, 0.717) is 36.7 Å². The van der Waals surface area contributed by atoms with E-state index < -0.39 is 10.0 Å². The second-order valence-electron chi connectivity index (χ2n) is 6.26. The van der Waals surface area contributed by atoms with Crippen LogP contribution in [0.1, 0.15) is 35.3 Å². The minimum Gasteiger partial charge on any atom is -0.383 e. The number of amides is 1. The summed E-state index contributed by atoms with van der Waals surface area (Å²) in [5, 5.41) is 0. The standard InChI is InChI=1S/C17H28N2O4S/c1-12(2)11-19(7-8-23-6)17(20)15-9-13(3)14(4)16(10-15)24(21,22)18-5/h9-10,12,18H,7-8,11H2,1-6H3. The van der Waals surface area contributed by atoms with Crippen LogP contribution in [-0.4, -0.2) is 53.1 Å². The summed E-state index contributed by atoms with van der Waals surface area (Å²) in [6, 6.07) is 3.20. The van der Waals surface area contributed by atoms with Crippen molar-refractivity contribution < 1.29 is 17.9 Å². The van der Waals surface area contributed by atoms with Crippen LogP contribution in [0.2, 0.25) is 0 Å².